The van der Waals surface area contributed by atoms with Gasteiger partial charge in [0.1, 0.15) is 0 Å². The second-order valence-corrected chi connectivity index (χ2v) is 23.8. The van der Waals surface area contributed by atoms with Crippen molar-refractivity contribution in [1.82, 2.24) is 0 Å². The van der Waals surface area contributed by atoms with Gasteiger partial charge in [-0.15, -0.1) is 0 Å². The molecule has 4 aromatic rings. The highest BCUT2D eigenvalue weighted by Gasteiger charge is 2.45. The smallest absolute Gasteiger partial charge is 0.155 e. The normalized spacial score (nSPS) is 16.2. The summed E-state index contributed by atoms with van der Waals surface area (Å²) in [5.74, 6) is 0. The molecular formula is C39H48Cl2Si2. The average molecular weight is 644 g/mol. The second kappa shape index (κ2) is 13.9. The van der Waals surface area contributed by atoms with Gasteiger partial charge in [-0.3, -0.25) is 0 Å². The van der Waals surface area contributed by atoms with E-state index in [1.807, 2.05) is 0 Å². The zero-order valence-electron chi connectivity index (χ0n) is 26.6. The Morgan fingerprint density at radius 2 is 0.884 bits per heavy atom. The number of fused-ring (bicyclic) bond motifs is 3. The summed E-state index contributed by atoms with van der Waals surface area (Å²) in [6.07, 6.45) is 12.5. The molecule has 43 heavy (non-hydrogen) atoms. The fraction of sp³-hybridized carbons (Fsp3) is 0.385. The van der Waals surface area contributed by atoms with Crippen LogP contribution in [0.2, 0.25) is 13.1 Å². The highest BCUT2D eigenvalue weighted by atomic mass is 35.6. The van der Waals surface area contributed by atoms with Crippen LogP contribution in [-0.4, -0.2) is 14.8 Å². The third kappa shape index (κ3) is 6.50. The van der Waals surface area contributed by atoms with Crippen LogP contribution in [0.4, 0.5) is 0 Å². The van der Waals surface area contributed by atoms with Gasteiger partial charge in [-0.05, 0) is 68.9 Å². The number of hydrogen-bond donors (Lipinski definition) is 0. The zero-order chi connectivity index (χ0) is 30.5. The Morgan fingerprint density at radius 1 is 0.488 bits per heavy atom. The molecule has 0 radical (unpaired) electrons. The van der Waals surface area contributed by atoms with E-state index in [4.69, 9.17) is 22.2 Å². The van der Waals surface area contributed by atoms with Gasteiger partial charge in [-0.1, -0.05) is 162 Å². The first-order chi connectivity index (χ1) is 20.8. The lowest BCUT2D eigenvalue weighted by Crippen LogP contribution is -2.51. The van der Waals surface area contributed by atoms with Crippen molar-refractivity contribution >= 4 is 57.7 Å². The molecule has 0 N–H and O–H groups in total. The quantitative estimate of drug-likeness (QED) is 0.0729. The SMILES string of the molecule is CCCCCCC1(CCCCCC)c2cc([Si](C)(Cl)c3ccccc3)ccc2-c2ccc([Si](C)(Cl)c3ccccc3)cc21. The Labute approximate surface area is 272 Å². The minimum absolute atomic E-state index is 0.00567. The summed E-state index contributed by atoms with van der Waals surface area (Å²) < 4.78 is 0. The van der Waals surface area contributed by atoms with Crippen molar-refractivity contribution in [2.24, 2.45) is 0 Å². The van der Waals surface area contributed by atoms with Crippen molar-refractivity contribution in [2.75, 3.05) is 0 Å². The topological polar surface area (TPSA) is 0 Å². The first kappa shape index (κ1) is 32.3. The van der Waals surface area contributed by atoms with Crippen LogP contribution in [0.25, 0.3) is 11.1 Å². The second-order valence-electron chi connectivity index (χ2n) is 13.0. The maximum Gasteiger partial charge on any atom is 0.214 e. The number of rotatable bonds is 14. The molecule has 0 heterocycles. The first-order valence-electron chi connectivity index (χ1n) is 16.5. The predicted molar refractivity (Wildman–Crippen MR) is 197 cm³/mol. The van der Waals surface area contributed by atoms with E-state index in [2.05, 4.69) is 124 Å². The Hall–Kier alpha value is -2.11. The summed E-state index contributed by atoms with van der Waals surface area (Å²) >= 11 is 15.1. The highest BCUT2D eigenvalue weighted by Crippen LogP contribution is 2.54. The maximum atomic E-state index is 7.56. The van der Waals surface area contributed by atoms with Gasteiger partial charge in [-0.25, -0.2) is 0 Å². The molecule has 0 aliphatic heterocycles. The van der Waals surface area contributed by atoms with E-state index in [1.165, 1.54) is 107 Å². The number of unbranched alkanes of at least 4 members (excludes halogenated alkanes) is 6. The lowest BCUT2D eigenvalue weighted by molar-refractivity contribution is 0.401. The molecule has 1 aliphatic carbocycles. The molecule has 0 saturated heterocycles. The molecule has 0 saturated carbocycles. The Morgan fingerprint density at radius 3 is 1.26 bits per heavy atom. The lowest BCUT2D eigenvalue weighted by atomic mass is 9.70. The summed E-state index contributed by atoms with van der Waals surface area (Å²) in [6, 6.07) is 36.1. The van der Waals surface area contributed by atoms with Crippen LogP contribution in [0.15, 0.2) is 97.1 Å². The minimum Gasteiger partial charge on any atom is -0.155 e. The molecule has 0 amide bonds. The molecule has 2 atom stereocenters. The molecule has 0 nitrogen and oxygen atoms in total. The van der Waals surface area contributed by atoms with Crippen LogP contribution in [0.1, 0.15) is 89.2 Å². The monoisotopic (exact) mass is 642 g/mol. The van der Waals surface area contributed by atoms with Crippen molar-refractivity contribution in [2.45, 2.75) is 96.6 Å². The molecule has 4 heteroatoms. The number of halogens is 2. The summed E-state index contributed by atoms with van der Waals surface area (Å²) in [7, 11) is -4.76. The first-order valence-corrected chi connectivity index (χ1v) is 23.6. The molecule has 0 fully saturated rings. The van der Waals surface area contributed by atoms with Gasteiger partial charge in [0.05, 0.1) is 0 Å². The molecule has 0 bridgehead atoms. The zero-order valence-corrected chi connectivity index (χ0v) is 30.1. The van der Waals surface area contributed by atoms with Crippen molar-refractivity contribution in [3.05, 3.63) is 108 Å². The van der Waals surface area contributed by atoms with Crippen molar-refractivity contribution in [3.63, 3.8) is 0 Å². The van der Waals surface area contributed by atoms with Gasteiger partial charge < -0.3 is 0 Å². The number of benzene rings is 4. The van der Waals surface area contributed by atoms with E-state index in [9.17, 15) is 0 Å². The van der Waals surface area contributed by atoms with Crippen molar-refractivity contribution < 1.29 is 0 Å². The van der Waals surface area contributed by atoms with Crippen LogP contribution in [0.3, 0.4) is 0 Å². The van der Waals surface area contributed by atoms with Crippen LogP contribution >= 0.6 is 22.2 Å². The molecule has 4 aromatic carbocycles. The van der Waals surface area contributed by atoms with Crippen molar-refractivity contribution in [1.29, 1.82) is 0 Å². The van der Waals surface area contributed by atoms with Gasteiger partial charge in [0.2, 0.25) is 14.8 Å². The summed E-state index contributed by atoms with van der Waals surface area (Å²) in [4.78, 5) is 0. The molecular weight excluding hydrogens is 596 g/mol. The van der Waals surface area contributed by atoms with Gasteiger partial charge in [0, 0.05) is 5.41 Å². The van der Waals surface area contributed by atoms with Crippen LogP contribution in [0.5, 0.6) is 0 Å². The van der Waals surface area contributed by atoms with Crippen molar-refractivity contribution in [3.8, 4) is 11.1 Å². The van der Waals surface area contributed by atoms with Crippen LogP contribution < -0.4 is 20.7 Å². The maximum absolute atomic E-state index is 7.56. The Balaban J connectivity index is 1.67. The summed E-state index contributed by atoms with van der Waals surface area (Å²) in [5, 5.41) is 5.19. The Kier molecular flexibility index (Phi) is 10.4. The fourth-order valence-electron chi connectivity index (χ4n) is 7.29. The molecule has 226 valence electrons. The van der Waals surface area contributed by atoms with E-state index < -0.39 is 14.8 Å². The van der Waals surface area contributed by atoms with Crippen LogP contribution in [-0.2, 0) is 5.41 Å². The summed E-state index contributed by atoms with van der Waals surface area (Å²) in [5.41, 5.74) is 5.83. The van der Waals surface area contributed by atoms with E-state index in [-0.39, 0.29) is 5.41 Å². The van der Waals surface area contributed by atoms with E-state index in [0.29, 0.717) is 0 Å². The lowest BCUT2D eigenvalue weighted by Gasteiger charge is -2.34. The Bertz CT molecular complexity index is 1380. The van der Waals surface area contributed by atoms with E-state index >= 15 is 0 Å². The molecule has 2 unspecified atom stereocenters. The van der Waals surface area contributed by atoms with Gasteiger partial charge in [-0.2, -0.15) is 22.2 Å². The van der Waals surface area contributed by atoms with Crippen LogP contribution in [0, 0.1) is 0 Å². The highest BCUT2D eigenvalue weighted by molar-refractivity contribution is 7.34. The van der Waals surface area contributed by atoms with Gasteiger partial charge in [0.25, 0.3) is 0 Å². The summed E-state index contributed by atoms with van der Waals surface area (Å²) in [6.45, 7) is 9.20. The van der Waals surface area contributed by atoms with E-state index in [0.717, 1.165) is 0 Å². The van der Waals surface area contributed by atoms with Gasteiger partial charge in [0.15, 0.2) is 0 Å². The third-order valence-electron chi connectivity index (χ3n) is 9.99. The fourth-order valence-corrected chi connectivity index (χ4v) is 12.7. The molecule has 5 rings (SSSR count). The molecule has 0 aromatic heterocycles. The third-order valence-corrected chi connectivity index (χ3v) is 18.2. The average Bonchev–Trinajstić information content (AvgIpc) is 3.31. The standard InChI is InChI=1S/C39H48Cl2Si2/c1-5-7-9-17-27-39(28-18-10-8-6-2)37-29-33(42(3,40)31-19-13-11-14-20-31)23-25-35(37)36-26-24-34(30-38(36)39)43(4,41)32-21-15-12-16-22-32/h11-16,19-26,29-30H,5-10,17-18,27-28H2,1-4H3. The largest absolute Gasteiger partial charge is 0.214 e. The molecule has 1 aliphatic rings. The molecule has 0 spiro atoms. The van der Waals surface area contributed by atoms with Gasteiger partial charge >= 0.3 is 0 Å². The predicted octanol–water partition coefficient (Wildman–Crippen LogP) is 9.75. The minimum atomic E-state index is -2.38. The van der Waals surface area contributed by atoms with E-state index in [1.54, 1.807) is 0 Å². The number of hydrogen-bond acceptors (Lipinski definition) is 0.